The molecule has 0 fully saturated rings. The molecule has 0 bridgehead atoms. The quantitative estimate of drug-likeness (QED) is 0.783. The van der Waals surface area contributed by atoms with Crippen LogP contribution in [-0.4, -0.2) is 12.9 Å². The van der Waals surface area contributed by atoms with Crippen molar-refractivity contribution in [3.8, 4) is 17.6 Å². The second-order valence-electron chi connectivity index (χ2n) is 4.06. The molecule has 94 valence electrons. The van der Waals surface area contributed by atoms with E-state index in [9.17, 15) is 4.79 Å². The van der Waals surface area contributed by atoms with Crippen molar-refractivity contribution in [2.45, 2.75) is 6.42 Å². The number of rotatable bonds is 3. The van der Waals surface area contributed by atoms with Crippen molar-refractivity contribution in [3.63, 3.8) is 0 Å². The van der Waals surface area contributed by atoms with E-state index in [-0.39, 0.29) is 5.78 Å². The van der Waals surface area contributed by atoms with Crippen LogP contribution in [0, 0.1) is 11.8 Å². The van der Waals surface area contributed by atoms with E-state index in [1.807, 2.05) is 54.6 Å². The Balaban J connectivity index is 1.99. The molecular formula is C17H14O2. The van der Waals surface area contributed by atoms with E-state index >= 15 is 0 Å². The van der Waals surface area contributed by atoms with Crippen LogP contribution in [-0.2, 0) is 11.2 Å². The lowest BCUT2D eigenvalue weighted by Gasteiger charge is -2.00. The largest absolute Gasteiger partial charge is 0.497 e. The van der Waals surface area contributed by atoms with Gasteiger partial charge in [-0.2, -0.15) is 0 Å². The monoisotopic (exact) mass is 250 g/mol. The molecule has 0 heterocycles. The standard InChI is InChI=1S/C17H14O2/c1-19-17-11-8-15(9-12-17)13-16(18)10-7-14-5-3-2-4-6-14/h2-6,8-9,11-12H,13H2,1H3. The Morgan fingerprint density at radius 1 is 1.05 bits per heavy atom. The first-order valence-corrected chi connectivity index (χ1v) is 6.01. The maximum atomic E-state index is 11.7. The van der Waals surface area contributed by atoms with Gasteiger partial charge in [0, 0.05) is 12.0 Å². The minimum atomic E-state index is -0.0889. The van der Waals surface area contributed by atoms with Crippen LogP contribution in [0.1, 0.15) is 11.1 Å². The SMILES string of the molecule is COc1ccc(CC(=O)C#Cc2ccccc2)cc1. The van der Waals surface area contributed by atoms with Crippen molar-refractivity contribution in [1.29, 1.82) is 0 Å². The van der Waals surface area contributed by atoms with E-state index in [0.717, 1.165) is 16.9 Å². The second-order valence-corrected chi connectivity index (χ2v) is 4.06. The Hall–Kier alpha value is -2.53. The lowest BCUT2D eigenvalue weighted by Crippen LogP contribution is -1.99. The minimum absolute atomic E-state index is 0.0889. The molecule has 0 unspecified atom stereocenters. The third-order valence-electron chi connectivity index (χ3n) is 2.64. The maximum absolute atomic E-state index is 11.7. The molecule has 0 amide bonds. The van der Waals surface area contributed by atoms with Gasteiger partial charge in [-0.1, -0.05) is 36.3 Å². The molecule has 0 spiro atoms. The summed E-state index contributed by atoms with van der Waals surface area (Å²) in [5, 5.41) is 0. The van der Waals surface area contributed by atoms with Gasteiger partial charge in [0.1, 0.15) is 5.75 Å². The number of carbonyl (C=O) groups excluding carboxylic acids is 1. The van der Waals surface area contributed by atoms with Gasteiger partial charge in [0.15, 0.2) is 0 Å². The fourth-order valence-electron chi connectivity index (χ4n) is 1.64. The summed E-state index contributed by atoms with van der Waals surface area (Å²) in [6, 6.07) is 16.9. The summed E-state index contributed by atoms with van der Waals surface area (Å²) >= 11 is 0. The summed E-state index contributed by atoms with van der Waals surface area (Å²) in [4.78, 5) is 11.7. The first-order valence-electron chi connectivity index (χ1n) is 6.01. The third-order valence-corrected chi connectivity index (χ3v) is 2.64. The molecule has 2 aromatic rings. The van der Waals surface area contributed by atoms with Crippen LogP contribution >= 0.6 is 0 Å². The molecule has 0 aliphatic heterocycles. The van der Waals surface area contributed by atoms with E-state index in [1.165, 1.54) is 0 Å². The van der Waals surface area contributed by atoms with Crippen molar-refractivity contribution in [2.24, 2.45) is 0 Å². The number of methoxy groups -OCH3 is 1. The van der Waals surface area contributed by atoms with Gasteiger partial charge in [0.2, 0.25) is 5.78 Å². The lowest BCUT2D eigenvalue weighted by atomic mass is 10.1. The average Bonchev–Trinajstić information content (AvgIpc) is 2.47. The van der Waals surface area contributed by atoms with Gasteiger partial charge in [-0.05, 0) is 35.7 Å². The zero-order valence-electron chi connectivity index (χ0n) is 10.7. The summed E-state index contributed by atoms with van der Waals surface area (Å²) < 4.78 is 5.07. The van der Waals surface area contributed by atoms with Gasteiger partial charge in [-0.3, -0.25) is 4.79 Å². The zero-order chi connectivity index (χ0) is 13.5. The van der Waals surface area contributed by atoms with Gasteiger partial charge in [-0.15, -0.1) is 0 Å². The predicted octanol–water partition coefficient (Wildman–Crippen LogP) is 2.86. The van der Waals surface area contributed by atoms with Gasteiger partial charge >= 0.3 is 0 Å². The summed E-state index contributed by atoms with van der Waals surface area (Å²) in [5.41, 5.74) is 1.79. The van der Waals surface area contributed by atoms with Crippen LogP contribution in [0.15, 0.2) is 54.6 Å². The second kappa shape index (κ2) is 6.42. The topological polar surface area (TPSA) is 26.3 Å². The van der Waals surface area contributed by atoms with Crippen LogP contribution in [0.3, 0.4) is 0 Å². The highest BCUT2D eigenvalue weighted by Crippen LogP contribution is 2.11. The molecule has 0 N–H and O–H groups in total. The van der Waals surface area contributed by atoms with Crippen LogP contribution < -0.4 is 4.74 Å². The highest BCUT2D eigenvalue weighted by Gasteiger charge is 2.00. The fourth-order valence-corrected chi connectivity index (χ4v) is 1.64. The van der Waals surface area contributed by atoms with Gasteiger partial charge in [-0.25, -0.2) is 0 Å². The number of hydrogen-bond acceptors (Lipinski definition) is 2. The van der Waals surface area contributed by atoms with Gasteiger partial charge in [0.25, 0.3) is 0 Å². The molecule has 0 atom stereocenters. The highest BCUT2D eigenvalue weighted by molar-refractivity contribution is 5.97. The van der Waals surface area contributed by atoms with Gasteiger partial charge in [0.05, 0.1) is 7.11 Å². The molecule has 0 aromatic heterocycles. The number of carbonyl (C=O) groups is 1. The van der Waals surface area contributed by atoms with E-state index < -0.39 is 0 Å². The normalized spacial score (nSPS) is 9.32. The smallest absolute Gasteiger partial charge is 0.210 e. The zero-order valence-corrected chi connectivity index (χ0v) is 10.7. The number of Topliss-reactive ketones (excluding diaryl/α,β-unsaturated/α-hetero) is 1. The Bertz CT molecular complexity index is 601. The van der Waals surface area contributed by atoms with Crippen molar-refractivity contribution in [1.82, 2.24) is 0 Å². The highest BCUT2D eigenvalue weighted by atomic mass is 16.5. The van der Waals surface area contributed by atoms with E-state index in [0.29, 0.717) is 6.42 Å². The van der Waals surface area contributed by atoms with Crippen LogP contribution in [0.2, 0.25) is 0 Å². The van der Waals surface area contributed by atoms with E-state index in [1.54, 1.807) is 7.11 Å². The molecule has 2 nitrogen and oxygen atoms in total. The molecule has 0 aliphatic rings. The summed E-state index contributed by atoms with van der Waals surface area (Å²) in [5.74, 6) is 6.21. The van der Waals surface area contributed by atoms with Crippen LogP contribution in [0.5, 0.6) is 5.75 Å². The molecule has 2 heteroatoms. The summed E-state index contributed by atoms with van der Waals surface area (Å²) in [6.45, 7) is 0. The average molecular weight is 250 g/mol. The molecule has 19 heavy (non-hydrogen) atoms. The minimum Gasteiger partial charge on any atom is -0.497 e. The first kappa shape index (κ1) is 12.9. The van der Waals surface area contributed by atoms with Crippen molar-refractivity contribution in [2.75, 3.05) is 7.11 Å². The summed E-state index contributed by atoms with van der Waals surface area (Å²) in [7, 11) is 1.62. The van der Waals surface area contributed by atoms with Gasteiger partial charge < -0.3 is 4.74 Å². The molecule has 0 saturated carbocycles. The van der Waals surface area contributed by atoms with E-state index in [2.05, 4.69) is 11.8 Å². The van der Waals surface area contributed by atoms with Crippen LogP contribution in [0.25, 0.3) is 0 Å². The maximum Gasteiger partial charge on any atom is 0.210 e. The first-order chi connectivity index (χ1) is 9.28. The molecular weight excluding hydrogens is 236 g/mol. The predicted molar refractivity (Wildman–Crippen MR) is 75.0 cm³/mol. The molecule has 2 rings (SSSR count). The Labute approximate surface area is 113 Å². The number of hydrogen-bond donors (Lipinski definition) is 0. The van der Waals surface area contributed by atoms with E-state index in [4.69, 9.17) is 4.74 Å². The molecule has 0 aliphatic carbocycles. The Morgan fingerprint density at radius 3 is 2.37 bits per heavy atom. The molecule has 0 saturated heterocycles. The summed E-state index contributed by atoms with van der Waals surface area (Å²) in [6.07, 6.45) is 0.323. The van der Waals surface area contributed by atoms with Crippen molar-refractivity contribution >= 4 is 5.78 Å². The Morgan fingerprint density at radius 2 is 1.74 bits per heavy atom. The number of ether oxygens (including phenoxy) is 1. The van der Waals surface area contributed by atoms with Crippen LogP contribution in [0.4, 0.5) is 0 Å². The number of benzene rings is 2. The third kappa shape index (κ3) is 4.01. The van der Waals surface area contributed by atoms with Crippen molar-refractivity contribution < 1.29 is 9.53 Å². The molecule has 2 aromatic carbocycles. The fraction of sp³-hybridized carbons (Fsp3) is 0.118. The molecule has 0 radical (unpaired) electrons. The lowest BCUT2D eigenvalue weighted by molar-refractivity contribution is -0.113. The van der Waals surface area contributed by atoms with Crippen molar-refractivity contribution in [3.05, 3.63) is 65.7 Å². The number of ketones is 1. The Kier molecular flexibility index (Phi) is 4.36.